The minimum absolute atomic E-state index is 0.0777. The molecule has 1 saturated carbocycles. The fraction of sp³-hybridized carbons (Fsp3) is 0.552. The first-order chi connectivity index (χ1) is 19.5. The van der Waals surface area contributed by atoms with E-state index in [1.807, 2.05) is 13.8 Å². The van der Waals surface area contributed by atoms with Gasteiger partial charge in [0.2, 0.25) is 5.91 Å². The lowest BCUT2D eigenvalue weighted by atomic mass is 9.96. The van der Waals surface area contributed by atoms with Crippen LogP contribution >= 0.6 is 11.3 Å². The number of rotatable bonds is 15. The number of nitrogens with zero attached hydrogens (tertiary/aromatic N) is 4. The quantitative estimate of drug-likeness (QED) is 0.245. The van der Waals surface area contributed by atoms with Crippen LogP contribution in [0.3, 0.4) is 0 Å². The predicted octanol–water partition coefficient (Wildman–Crippen LogP) is 3.67. The van der Waals surface area contributed by atoms with Crippen molar-refractivity contribution in [2.24, 2.45) is 11.8 Å². The number of amides is 2. The number of ether oxygens (including phenoxy) is 2. The maximum absolute atomic E-state index is 13.2. The summed E-state index contributed by atoms with van der Waals surface area (Å²) in [6.07, 6.45) is 5.90. The lowest BCUT2D eigenvalue weighted by Gasteiger charge is -2.33. The molecular weight excluding hydrogens is 546 g/mol. The zero-order chi connectivity index (χ0) is 30.1. The van der Waals surface area contributed by atoms with Crippen LogP contribution in [0.5, 0.6) is 0 Å². The van der Waals surface area contributed by atoms with E-state index in [0.717, 1.165) is 12.8 Å². The van der Waals surface area contributed by atoms with Crippen molar-refractivity contribution in [1.82, 2.24) is 25.2 Å². The van der Waals surface area contributed by atoms with Gasteiger partial charge in [-0.15, -0.1) is 11.3 Å². The highest BCUT2D eigenvalue weighted by Gasteiger charge is 2.33. The fourth-order valence-electron chi connectivity index (χ4n) is 4.55. The van der Waals surface area contributed by atoms with Gasteiger partial charge in [0, 0.05) is 68.7 Å². The second-order valence-electron chi connectivity index (χ2n) is 10.7. The van der Waals surface area contributed by atoms with Crippen LogP contribution < -0.4 is 5.32 Å². The molecular formula is C29H39N5O6S. The smallest absolute Gasteiger partial charge is 0.333 e. The topological polar surface area (TPSA) is 141 Å². The molecule has 0 saturated heterocycles. The monoisotopic (exact) mass is 585 g/mol. The van der Waals surface area contributed by atoms with Gasteiger partial charge < -0.3 is 19.7 Å². The molecule has 11 nitrogen and oxygen atoms in total. The molecule has 3 atom stereocenters. The molecule has 0 radical (unpaired) electrons. The van der Waals surface area contributed by atoms with E-state index in [9.17, 15) is 19.2 Å². The Hall–Kier alpha value is -3.67. The van der Waals surface area contributed by atoms with Gasteiger partial charge in [-0.25, -0.2) is 19.7 Å². The third-order valence-corrected chi connectivity index (χ3v) is 7.90. The van der Waals surface area contributed by atoms with Gasteiger partial charge in [0.25, 0.3) is 5.91 Å². The Morgan fingerprint density at radius 1 is 1.20 bits per heavy atom. The van der Waals surface area contributed by atoms with Crippen LogP contribution in [0, 0.1) is 11.8 Å². The Morgan fingerprint density at radius 2 is 1.88 bits per heavy atom. The lowest BCUT2D eigenvalue weighted by Crippen LogP contribution is -2.42. The van der Waals surface area contributed by atoms with Crippen molar-refractivity contribution in [1.29, 1.82) is 0 Å². The van der Waals surface area contributed by atoms with Crippen LogP contribution in [0.2, 0.25) is 0 Å². The van der Waals surface area contributed by atoms with Crippen molar-refractivity contribution in [3.63, 3.8) is 0 Å². The minimum atomic E-state index is -0.727. The number of thiazole rings is 1. The highest BCUT2D eigenvalue weighted by atomic mass is 32.1. The molecule has 3 rings (SSSR count). The predicted molar refractivity (Wildman–Crippen MR) is 153 cm³/mol. The Kier molecular flexibility index (Phi) is 11.5. The third kappa shape index (κ3) is 9.73. The van der Waals surface area contributed by atoms with E-state index in [1.54, 1.807) is 35.8 Å². The molecule has 12 heteroatoms. The average molecular weight is 586 g/mol. The maximum Gasteiger partial charge on any atom is 0.333 e. The third-order valence-electron chi connectivity index (χ3n) is 6.96. The van der Waals surface area contributed by atoms with Crippen LogP contribution in [-0.4, -0.2) is 69.8 Å². The molecule has 0 bridgehead atoms. The zero-order valence-electron chi connectivity index (χ0n) is 24.3. The van der Waals surface area contributed by atoms with Gasteiger partial charge >= 0.3 is 11.9 Å². The normalized spacial score (nSPS) is 15.0. The van der Waals surface area contributed by atoms with Crippen LogP contribution in [-0.2, 0) is 30.3 Å². The van der Waals surface area contributed by atoms with Gasteiger partial charge in [-0.05, 0) is 37.2 Å². The van der Waals surface area contributed by atoms with Crippen molar-refractivity contribution in [3.8, 4) is 0 Å². The number of hydrogen-bond donors (Lipinski definition) is 1. The summed E-state index contributed by atoms with van der Waals surface area (Å²) in [5, 5.41) is 4.95. The molecule has 1 unspecified atom stereocenters. The number of esters is 2. The van der Waals surface area contributed by atoms with Gasteiger partial charge in [-0.1, -0.05) is 20.4 Å². The minimum Gasteiger partial charge on any atom is -0.466 e. The summed E-state index contributed by atoms with van der Waals surface area (Å²) >= 11 is 1.21. The molecule has 222 valence electrons. The summed E-state index contributed by atoms with van der Waals surface area (Å²) in [6, 6.07) is 0.944. The first-order valence-corrected chi connectivity index (χ1v) is 14.6. The van der Waals surface area contributed by atoms with Crippen molar-refractivity contribution in [2.75, 3.05) is 14.2 Å². The van der Waals surface area contributed by atoms with E-state index in [4.69, 9.17) is 9.47 Å². The highest BCUT2D eigenvalue weighted by molar-refractivity contribution is 7.09. The summed E-state index contributed by atoms with van der Waals surface area (Å²) < 4.78 is 10.4. The molecule has 1 aliphatic rings. The standard InChI is InChI=1S/C29H39N5O6S/c1-17(2)23(34(5)26(36)13-20-8-9-20)15-24(40-19(4)35)28-33-22(16-41-28)27(37)32-21(12-18(3)29(38)39-6)14-25-30-10-7-11-31-25/h7,10-11,16-17,20-21,23-24H,3,8-9,12-15H2,1-2,4-6H3,(H,32,37)/t21-,23?,24-/m1/s1. The molecule has 2 amide bonds. The summed E-state index contributed by atoms with van der Waals surface area (Å²) in [4.78, 5) is 64.8. The van der Waals surface area contributed by atoms with E-state index in [1.165, 1.54) is 25.4 Å². The van der Waals surface area contributed by atoms with Gasteiger partial charge in [-0.3, -0.25) is 14.4 Å². The summed E-state index contributed by atoms with van der Waals surface area (Å²) in [5.74, 6) is -0.381. The Balaban J connectivity index is 1.76. The Bertz CT molecular complexity index is 1230. The molecule has 2 heterocycles. The maximum atomic E-state index is 13.2. The first-order valence-electron chi connectivity index (χ1n) is 13.7. The largest absolute Gasteiger partial charge is 0.466 e. The van der Waals surface area contributed by atoms with Crippen LogP contribution in [0.1, 0.15) is 80.3 Å². The lowest BCUT2D eigenvalue weighted by molar-refractivity contribution is -0.148. The summed E-state index contributed by atoms with van der Waals surface area (Å²) in [5.41, 5.74) is 0.340. The molecule has 0 spiro atoms. The molecule has 0 aromatic carbocycles. The van der Waals surface area contributed by atoms with E-state index in [2.05, 4.69) is 26.8 Å². The average Bonchev–Trinajstić information content (AvgIpc) is 3.60. The van der Waals surface area contributed by atoms with E-state index >= 15 is 0 Å². The zero-order valence-corrected chi connectivity index (χ0v) is 25.1. The Labute approximate surface area is 244 Å². The molecule has 0 aliphatic heterocycles. The number of aromatic nitrogens is 3. The molecule has 1 aliphatic carbocycles. The number of carbonyl (C=O) groups is 4. The fourth-order valence-corrected chi connectivity index (χ4v) is 5.39. The van der Waals surface area contributed by atoms with Crippen LogP contribution in [0.4, 0.5) is 0 Å². The highest BCUT2D eigenvalue weighted by Crippen LogP contribution is 2.35. The van der Waals surface area contributed by atoms with Crippen LogP contribution in [0.15, 0.2) is 36.0 Å². The SMILES string of the molecule is C=C(C[C@H](Cc1ncccn1)NC(=O)c1csc([C@@H](CC(C(C)C)N(C)C(=O)CC2CC2)OC(C)=O)n1)C(=O)OC. The van der Waals surface area contributed by atoms with Crippen molar-refractivity contribution >= 4 is 35.1 Å². The van der Waals surface area contributed by atoms with Gasteiger partial charge in [-0.2, -0.15) is 0 Å². The van der Waals surface area contributed by atoms with Crippen molar-refractivity contribution in [2.45, 2.75) is 77.5 Å². The second-order valence-corrected chi connectivity index (χ2v) is 11.6. The van der Waals surface area contributed by atoms with Crippen molar-refractivity contribution in [3.05, 3.63) is 52.5 Å². The molecule has 2 aromatic heterocycles. The van der Waals surface area contributed by atoms with Crippen molar-refractivity contribution < 1.29 is 28.7 Å². The van der Waals surface area contributed by atoms with E-state index in [0.29, 0.717) is 29.6 Å². The van der Waals surface area contributed by atoms with Crippen LogP contribution in [0.25, 0.3) is 0 Å². The van der Waals surface area contributed by atoms with Gasteiger partial charge in [0.15, 0.2) is 6.10 Å². The number of nitrogens with one attached hydrogen (secondary N) is 1. The first kappa shape index (κ1) is 31.9. The van der Waals surface area contributed by atoms with Gasteiger partial charge in [0.05, 0.1) is 7.11 Å². The number of carbonyl (C=O) groups excluding carboxylic acids is 4. The number of methoxy groups -OCH3 is 1. The molecule has 41 heavy (non-hydrogen) atoms. The number of hydrogen-bond acceptors (Lipinski definition) is 10. The summed E-state index contributed by atoms with van der Waals surface area (Å²) in [6.45, 7) is 9.14. The molecule has 1 fully saturated rings. The van der Waals surface area contributed by atoms with Gasteiger partial charge in [0.1, 0.15) is 16.5 Å². The summed E-state index contributed by atoms with van der Waals surface area (Å²) in [7, 11) is 3.06. The Morgan fingerprint density at radius 3 is 2.46 bits per heavy atom. The second kappa shape index (κ2) is 14.8. The van der Waals surface area contributed by atoms with E-state index < -0.39 is 30.0 Å². The van der Waals surface area contributed by atoms with E-state index in [-0.39, 0.29) is 42.0 Å². The molecule has 1 N–H and O–H groups in total. The molecule has 2 aromatic rings.